The minimum absolute atomic E-state index is 0.196. The number of allylic oxidation sites excluding steroid dienone is 1. The van der Waals surface area contributed by atoms with Crippen LogP contribution in [0.2, 0.25) is 0 Å². The minimum atomic E-state index is -3.91. The highest BCUT2D eigenvalue weighted by Gasteiger charge is 2.25. The van der Waals surface area contributed by atoms with E-state index in [9.17, 15) is 13.2 Å². The maximum absolute atomic E-state index is 14.0. The van der Waals surface area contributed by atoms with Crippen molar-refractivity contribution in [2.75, 3.05) is 13.7 Å². The van der Waals surface area contributed by atoms with Crippen molar-refractivity contribution in [3.05, 3.63) is 89.6 Å². The molecule has 0 aliphatic rings. The summed E-state index contributed by atoms with van der Waals surface area (Å²) in [4.78, 5) is 12.2. The SMILES string of the molecule is CCCCOc1c(-c2cn(S(=O)(=O)c3ccccc3)c3ccc(C(C)=CC(=O)OC)cc23)cc(C(C)C)cc1C(C)C. The second-order valence-electron chi connectivity index (χ2n) is 11.2. The number of carbonyl (C=O) groups is 1. The number of hydrogen-bond donors (Lipinski definition) is 0. The van der Waals surface area contributed by atoms with E-state index in [1.54, 1.807) is 42.6 Å². The molecular weight excluding hydrogens is 546 g/mol. The van der Waals surface area contributed by atoms with Crippen molar-refractivity contribution in [1.82, 2.24) is 3.97 Å². The third-order valence-corrected chi connectivity index (χ3v) is 9.21. The third-order valence-electron chi connectivity index (χ3n) is 7.52. The number of nitrogens with zero attached hydrogens (tertiary/aromatic N) is 1. The van der Waals surface area contributed by atoms with Gasteiger partial charge in [-0.3, -0.25) is 0 Å². The number of esters is 1. The van der Waals surface area contributed by atoms with Crippen molar-refractivity contribution in [2.45, 2.75) is 71.1 Å². The van der Waals surface area contributed by atoms with Gasteiger partial charge in [0.05, 0.1) is 24.1 Å². The first-order chi connectivity index (χ1) is 20.0. The zero-order valence-electron chi connectivity index (χ0n) is 25.6. The number of fused-ring (bicyclic) bond motifs is 1. The summed E-state index contributed by atoms with van der Waals surface area (Å²) in [6.45, 7) is 13.1. The molecule has 7 heteroatoms. The standard InChI is InChI=1S/C35H41NO5S/c1-8-9-17-41-35-29(24(4)5)20-27(23(2)3)21-31(35)32-22-36(42(38,39)28-13-11-10-12-14-28)33-16-15-26(19-30(32)33)25(6)18-34(37)40-7/h10-16,18-24H,8-9,17H2,1-7H3. The number of benzene rings is 3. The van der Waals surface area contributed by atoms with Crippen LogP contribution >= 0.6 is 0 Å². The number of hydrogen-bond acceptors (Lipinski definition) is 5. The summed E-state index contributed by atoms with van der Waals surface area (Å²) in [7, 11) is -2.57. The number of ether oxygens (including phenoxy) is 2. The van der Waals surface area contributed by atoms with Gasteiger partial charge in [-0.15, -0.1) is 0 Å². The Balaban J connectivity index is 2.10. The first-order valence-electron chi connectivity index (χ1n) is 14.5. The maximum Gasteiger partial charge on any atom is 0.330 e. The molecule has 1 aromatic heterocycles. The van der Waals surface area contributed by atoms with E-state index >= 15 is 0 Å². The van der Waals surface area contributed by atoms with Crippen LogP contribution in [-0.2, 0) is 19.6 Å². The molecule has 0 unspecified atom stereocenters. The lowest BCUT2D eigenvalue weighted by atomic mass is 9.89. The molecule has 4 rings (SSSR count). The van der Waals surface area contributed by atoms with Crippen LogP contribution in [-0.4, -0.2) is 32.1 Å². The lowest BCUT2D eigenvalue weighted by Gasteiger charge is -2.21. The molecular formula is C35H41NO5S. The van der Waals surface area contributed by atoms with Gasteiger partial charge >= 0.3 is 5.97 Å². The zero-order chi connectivity index (χ0) is 30.6. The van der Waals surface area contributed by atoms with E-state index < -0.39 is 16.0 Å². The van der Waals surface area contributed by atoms with Crippen LogP contribution in [0.25, 0.3) is 27.6 Å². The first kappa shape index (κ1) is 31.1. The molecule has 4 aromatic rings. The van der Waals surface area contributed by atoms with Gasteiger partial charge in [-0.2, -0.15) is 0 Å². The molecule has 222 valence electrons. The van der Waals surface area contributed by atoms with Gasteiger partial charge in [-0.05, 0) is 77.8 Å². The lowest BCUT2D eigenvalue weighted by molar-refractivity contribution is -0.134. The van der Waals surface area contributed by atoms with Gasteiger partial charge in [0.1, 0.15) is 5.75 Å². The fraction of sp³-hybridized carbons (Fsp3) is 0.343. The van der Waals surface area contributed by atoms with Gasteiger partial charge in [0.25, 0.3) is 10.0 Å². The summed E-state index contributed by atoms with van der Waals surface area (Å²) in [5.74, 6) is 0.788. The van der Waals surface area contributed by atoms with Crippen molar-refractivity contribution in [3.63, 3.8) is 0 Å². The van der Waals surface area contributed by atoms with E-state index in [1.165, 1.54) is 17.2 Å². The van der Waals surface area contributed by atoms with Crippen molar-refractivity contribution in [3.8, 4) is 16.9 Å². The van der Waals surface area contributed by atoms with Crippen molar-refractivity contribution >= 4 is 32.5 Å². The topological polar surface area (TPSA) is 74.6 Å². The Morgan fingerprint density at radius 2 is 1.67 bits per heavy atom. The van der Waals surface area contributed by atoms with Crippen molar-refractivity contribution in [2.24, 2.45) is 0 Å². The maximum atomic E-state index is 14.0. The molecule has 0 bridgehead atoms. The van der Waals surface area contributed by atoms with E-state index in [2.05, 4.69) is 46.8 Å². The molecule has 6 nitrogen and oxygen atoms in total. The number of aromatic nitrogens is 1. The normalized spacial score (nSPS) is 12.4. The second-order valence-corrected chi connectivity index (χ2v) is 13.1. The van der Waals surface area contributed by atoms with Gasteiger partial charge in [0.15, 0.2) is 0 Å². The van der Waals surface area contributed by atoms with Crippen LogP contribution in [0.4, 0.5) is 0 Å². The molecule has 0 radical (unpaired) electrons. The first-order valence-corrected chi connectivity index (χ1v) is 16.0. The van der Waals surface area contributed by atoms with Crippen LogP contribution in [0, 0.1) is 0 Å². The van der Waals surface area contributed by atoms with E-state index in [4.69, 9.17) is 9.47 Å². The molecule has 0 aliphatic carbocycles. The van der Waals surface area contributed by atoms with Crippen LogP contribution in [0.1, 0.15) is 82.9 Å². The van der Waals surface area contributed by atoms with Gasteiger partial charge in [0, 0.05) is 28.8 Å². The van der Waals surface area contributed by atoms with Gasteiger partial charge in [-0.1, -0.05) is 71.4 Å². The van der Waals surface area contributed by atoms with Gasteiger partial charge < -0.3 is 9.47 Å². The molecule has 0 N–H and O–H groups in total. The summed E-state index contributed by atoms with van der Waals surface area (Å²) in [5, 5.41) is 0.751. The Kier molecular flexibility index (Phi) is 9.62. The molecule has 0 aliphatic heterocycles. The van der Waals surface area contributed by atoms with Crippen LogP contribution in [0.15, 0.2) is 77.8 Å². The van der Waals surface area contributed by atoms with Gasteiger partial charge in [-0.25, -0.2) is 17.2 Å². The zero-order valence-corrected chi connectivity index (χ0v) is 26.4. The Morgan fingerprint density at radius 1 is 0.952 bits per heavy atom. The smallest absolute Gasteiger partial charge is 0.330 e. The summed E-state index contributed by atoms with van der Waals surface area (Å²) in [5.41, 5.74) is 5.92. The molecule has 0 saturated carbocycles. The predicted molar refractivity (Wildman–Crippen MR) is 171 cm³/mol. The van der Waals surface area contributed by atoms with Crippen molar-refractivity contribution in [1.29, 1.82) is 0 Å². The van der Waals surface area contributed by atoms with Crippen LogP contribution in [0.5, 0.6) is 5.75 Å². The highest BCUT2D eigenvalue weighted by Crippen LogP contribution is 2.44. The Morgan fingerprint density at radius 3 is 2.29 bits per heavy atom. The van der Waals surface area contributed by atoms with E-state index in [1.807, 2.05) is 19.1 Å². The summed E-state index contributed by atoms with van der Waals surface area (Å²) in [6.07, 6.45) is 5.06. The number of methoxy groups -OCH3 is 1. The minimum Gasteiger partial charge on any atom is -0.493 e. The summed E-state index contributed by atoms with van der Waals surface area (Å²) >= 11 is 0. The summed E-state index contributed by atoms with van der Waals surface area (Å²) < 4.78 is 40.7. The number of unbranched alkanes of at least 4 members (excludes halogenated alkanes) is 1. The van der Waals surface area contributed by atoms with E-state index in [0.717, 1.165) is 51.8 Å². The fourth-order valence-electron chi connectivity index (χ4n) is 5.00. The second kappa shape index (κ2) is 13.0. The van der Waals surface area contributed by atoms with E-state index in [-0.39, 0.29) is 16.7 Å². The Bertz CT molecular complexity index is 1710. The predicted octanol–water partition coefficient (Wildman–Crippen LogP) is 8.55. The molecule has 0 spiro atoms. The molecule has 3 aromatic carbocycles. The molecule has 0 fully saturated rings. The Labute approximate surface area is 250 Å². The molecule has 0 amide bonds. The number of carbonyl (C=O) groups excluding carboxylic acids is 1. The molecule has 0 saturated heterocycles. The largest absolute Gasteiger partial charge is 0.493 e. The number of rotatable bonds is 11. The molecule has 0 atom stereocenters. The van der Waals surface area contributed by atoms with Crippen LogP contribution < -0.4 is 4.74 Å². The quantitative estimate of drug-likeness (QED) is 0.0998. The lowest BCUT2D eigenvalue weighted by Crippen LogP contribution is -2.11. The molecule has 42 heavy (non-hydrogen) atoms. The summed E-state index contributed by atoms with van der Waals surface area (Å²) in [6, 6.07) is 18.4. The van der Waals surface area contributed by atoms with E-state index in [0.29, 0.717) is 17.7 Å². The highest BCUT2D eigenvalue weighted by atomic mass is 32.2. The molecule has 1 heterocycles. The Hall–Kier alpha value is -3.84. The highest BCUT2D eigenvalue weighted by molar-refractivity contribution is 7.90. The average molecular weight is 588 g/mol. The monoisotopic (exact) mass is 587 g/mol. The van der Waals surface area contributed by atoms with Crippen molar-refractivity contribution < 1.29 is 22.7 Å². The fourth-order valence-corrected chi connectivity index (χ4v) is 6.39. The van der Waals surface area contributed by atoms with Crippen LogP contribution in [0.3, 0.4) is 0 Å². The van der Waals surface area contributed by atoms with Gasteiger partial charge in [0.2, 0.25) is 0 Å². The third kappa shape index (κ3) is 6.31. The average Bonchev–Trinajstić information content (AvgIpc) is 3.37.